The summed E-state index contributed by atoms with van der Waals surface area (Å²) >= 11 is 0.940. The summed E-state index contributed by atoms with van der Waals surface area (Å²) in [6.45, 7) is 0.000688. The van der Waals surface area contributed by atoms with Crippen molar-refractivity contribution >= 4 is 55.0 Å². The first-order valence-electron chi connectivity index (χ1n) is 10.5. The fraction of sp³-hybridized carbons (Fsp3) is 0.333. The summed E-state index contributed by atoms with van der Waals surface area (Å²) in [7, 11) is -0.607. The molecule has 2 atom stereocenters. The molecule has 1 saturated heterocycles. The van der Waals surface area contributed by atoms with E-state index in [4.69, 9.17) is 5.73 Å². The van der Waals surface area contributed by atoms with Gasteiger partial charge in [0, 0.05) is 44.0 Å². The molecule has 1 aliphatic rings. The number of fused-ring (bicyclic) bond motifs is 1. The Kier molecular flexibility index (Phi) is 6.62. The van der Waals surface area contributed by atoms with Gasteiger partial charge in [-0.2, -0.15) is 4.72 Å². The second-order valence-corrected chi connectivity index (χ2v) is 11.2. The quantitative estimate of drug-likeness (QED) is 0.393. The van der Waals surface area contributed by atoms with Crippen LogP contribution in [0.4, 0.5) is 15.3 Å². The minimum atomic E-state index is -4.05. The lowest BCUT2D eigenvalue weighted by Gasteiger charge is -2.25. The molecule has 186 valence electrons. The lowest BCUT2D eigenvalue weighted by Crippen LogP contribution is -2.48. The monoisotopic (exact) mass is 522 g/mol. The predicted molar refractivity (Wildman–Crippen MR) is 128 cm³/mol. The van der Waals surface area contributed by atoms with Crippen molar-refractivity contribution in [1.29, 1.82) is 0 Å². The van der Waals surface area contributed by atoms with Crippen LogP contribution in [0.2, 0.25) is 0 Å². The molecule has 4 N–H and O–H groups in total. The van der Waals surface area contributed by atoms with Gasteiger partial charge in [-0.25, -0.2) is 27.6 Å². The van der Waals surface area contributed by atoms with E-state index in [1.807, 2.05) is 0 Å². The van der Waals surface area contributed by atoms with Gasteiger partial charge < -0.3 is 20.6 Å². The summed E-state index contributed by atoms with van der Waals surface area (Å²) < 4.78 is 42.9. The molecule has 3 heterocycles. The molecular formula is C21H23FN6O5S2. The third-order valence-corrected chi connectivity index (χ3v) is 8.82. The molecule has 0 bridgehead atoms. The number of pyridine rings is 1. The number of likely N-dealkylation sites (tertiary alicyclic amines) is 1. The van der Waals surface area contributed by atoms with Gasteiger partial charge in [0.25, 0.3) is 10.0 Å². The number of aliphatic carboxylic acids is 1. The zero-order chi connectivity index (χ0) is 25.5. The highest BCUT2D eigenvalue weighted by Crippen LogP contribution is 2.28. The van der Waals surface area contributed by atoms with Crippen LogP contribution in [0.1, 0.15) is 12.0 Å². The van der Waals surface area contributed by atoms with Gasteiger partial charge in [0.05, 0.1) is 6.20 Å². The molecule has 4 rings (SSSR count). The van der Waals surface area contributed by atoms with Gasteiger partial charge in [-0.05, 0) is 18.1 Å². The van der Waals surface area contributed by atoms with E-state index < -0.39 is 39.8 Å². The molecular weight excluding hydrogens is 499 g/mol. The number of hydrogen-bond donors (Lipinski definition) is 3. The van der Waals surface area contributed by atoms with Crippen LogP contribution in [0.3, 0.4) is 0 Å². The van der Waals surface area contributed by atoms with E-state index in [2.05, 4.69) is 14.7 Å². The molecule has 0 radical (unpaired) electrons. The number of benzene rings is 1. The van der Waals surface area contributed by atoms with Crippen molar-refractivity contribution in [2.24, 2.45) is 0 Å². The first-order valence-corrected chi connectivity index (χ1v) is 12.8. The molecule has 0 aliphatic carbocycles. The summed E-state index contributed by atoms with van der Waals surface area (Å²) in [5.41, 5.74) is 5.87. The van der Waals surface area contributed by atoms with E-state index in [1.54, 1.807) is 25.1 Å². The molecule has 1 amide bonds. The van der Waals surface area contributed by atoms with Crippen molar-refractivity contribution in [2.75, 3.05) is 31.3 Å². The Bertz CT molecular complexity index is 1410. The Morgan fingerprint density at radius 2 is 2.09 bits per heavy atom. The highest BCUT2D eigenvalue weighted by Gasteiger charge is 2.41. The number of amides is 1. The van der Waals surface area contributed by atoms with Gasteiger partial charge in [0.1, 0.15) is 23.7 Å². The van der Waals surface area contributed by atoms with Crippen LogP contribution in [0.5, 0.6) is 0 Å². The standard InChI is InChI=1S/C21H23FN6O5S2/c1-27(2)21-25-10-16(34-21)35(32,33)26-14-6-8-28(19(14)29)15(20(30)31)9-11-3-4-13-12(17(11)22)5-7-24-18(13)23/h3-5,7,10,14-15,26H,6,8-9H2,1-2H3,(H2,23,24)(H,30,31)/t14-,15+/m0/s1. The number of carboxylic acids is 1. The Balaban J connectivity index is 1.54. The first-order chi connectivity index (χ1) is 16.5. The van der Waals surface area contributed by atoms with Gasteiger partial charge in [-0.15, -0.1) is 0 Å². The molecule has 11 nitrogen and oxygen atoms in total. The average Bonchev–Trinajstić information content (AvgIpc) is 3.42. The molecule has 1 fully saturated rings. The van der Waals surface area contributed by atoms with Crippen molar-refractivity contribution in [3.05, 3.63) is 42.0 Å². The summed E-state index contributed by atoms with van der Waals surface area (Å²) in [5.74, 6) is -2.51. The second kappa shape index (κ2) is 9.36. The predicted octanol–water partition coefficient (Wildman–Crippen LogP) is 1.05. The Morgan fingerprint density at radius 3 is 2.74 bits per heavy atom. The van der Waals surface area contributed by atoms with Crippen LogP contribution >= 0.6 is 11.3 Å². The maximum atomic E-state index is 15.1. The van der Waals surface area contributed by atoms with E-state index in [0.29, 0.717) is 10.5 Å². The smallest absolute Gasteiger partial charge is 0.326 e. The number of halogens is 1. The van der Waals surface area contributed by atoms with Crippen molar-refractivity contribution < 1.29 is 27.5 Å². The summed E-state index contributed by atoms with van der Waals surface area (Å²) in [4.78, 5) is 35.7. The number of rotatable bonds is 8. The third kappa shape index (κ3) is 4.76. The zero-order valence-corrected chi connectivity index (χ0v) is 20.4. The van der Waals surface area contributed by atoms with Crippen molar-refractivity contribution in [1.82, 2.24) is 19.6 Å². The van der Waals surface area contributed by atoms with Gasteiger partial charge in [-0.1, -0.05) is 23.5 Å². The fourth-order valence-corrected chi connectivity index (χ4v) is 6.21. The van der Waals surface area contributed by atoms with Crippen molar-refractivity contribution in [3.8, 4) is 0 Å². The van der Waals surface area contributed by atoms with Crippen molar-refractivity contribution in [3.63, 3.8) is 0 Å². The minimum Gasteiger partial charge on any atom is -0.480 e. The van der Waals surface area contributed by atoms with Crippen LogP contribution in [-0.4, -0.2) is 73.0 Å². The van der Waals surface area contributed by atoms with Crippen LogP contribution in [0.25, 0.3) is 10.8 Å². The molecule has 3 aromatic rings. The summed E-state index contributed by atoms with van der Waals surface area (Å²) in [6.07, 6.45) is 2.32. The van der Waals surface area contributed by atoms with Gasteiger partial charge in [0.15, 0.2) is 9.34 Å². The van der Waals surface area contributed by atoms with Gasteiger partial charge in [0.2, 0.25) is 5.91 Å². The number of nitrogens with two attached hydrogens (primary N) is 1. The van der Waals surface area contributed by atoms with Crippen LogP contribution < -0.4 is 15.4 Å². The van der Waals surface area contributed by atoms with Crippen LogP contribution in [0.15, 0.2) is 34.8 Å². The van der Waals surface area contributed by atoms with Crippen molar-refractivity contribution in [2.45, 2.75) is 29.1 Å². The van der Waals surface area contributed by atoms with E-state index in [9.17, 15) is 23.1 Å². The van der Waals surface area contributed by atoms with Gasteiger partial charge in [-0.3, -0.25) is 4.79 Å². The number of aromatic nitrogens is 2. The first kappa shape index (κ1) is 24.8. The van der Waals surface area contributed by atoms with E-state index >= 15 is 4.39 Å². The Hall–Kier alpha value is -3.36. The molecule has 2 aromatic heterocycles. The third-order valence-electron chi connectivity index (χ3n) is 5.72. The van der Waals surface area contributed by atoms with E-state index in [0.717, 1.165) is 16.2 Å². The SMILES string of the molecule is CN(C)c1ncc(S(=O)(=O)N[C@H]2CCN([C@H](Cc3ccc4c(N)nccc4c3F)C(=O)O)C2=O)s1. The van der Waals surface area contributed by atoms with E-state index in [-0.39, 0.29) is 40.4 Å². The number of thiazole rings is 1. The molecule has 1 aliphatic heterocycles. The molecule has 14 heteroatoms. The number of anilines is 2. The molecule has 35 heavy (non-hydrogen) atoms. The minimum absolute atomic E-state index is 0.000688. The zero-order valence-electron chi connectivity index (χ0n) is 18.8. The highest BCUT2D eigenvalue weighted by molar-refractivity contribution is 7.91. The lowest BCUT2D eigenvalue weighted by atomic mass is 10.0. The number of nitrogens with one attached hydrogen (secondary N) is 1. The molecule has 0 unspecified atom stereocenters. The number of carbonyl (C=O) groups is 2. The average molecular weight is 523 g/mol. The lowest BCUT2D eigenvalue weighted by molar-refractivity contribution is -0.148. The molecule has 0 saturated carbocycles. The highest BCUT2D eigenvalue weighted by atomic mass is 32.2. The normalized spacial score (nSPS) is 17.2. The maximum absolute atomic E-state index is 15.1. The number of nitrogens with zero attached hydrogens (tertiary/aromatic N) is 4. The molecule has 1 aromatic carbocycles. The number of hydrogen-bond acceptors (Lipinski definition) is 9. The topological polar surface area (TPSA) is 159 Å². The van der Waals surface area contributed by atoms with Crippen LogP contribution in [0, 0.1) is 5.82 Å². The fourth-order valence-electron chi connectivity index (χ4n) is 3.93. The van der Waals surface area contributed by atoms with Gasteiger partial charge >= 0.3 is 5.97 Å². The maximum Gasteiger partial charge on any atom is 0.326 e. The number of carbonyl (C=O) groups excluding carboxylic acids is 1. The number of nitrogen functional groups attached to an aromatic ring is 1. The number of carboxylic acid groups (broad SMARTS) is 1. The second-order valence-electron chi connectivity index (χ2n) is 8.24. The van der Waals surface area contributed by atoms with E-state index in [1.165, 1.54) is 24.5 Å². The Labute approximate surface area is 204 Å². The summed E-state index contributed by atoms with van der Waals surface area (Å²) in [6, 6.07) is 1.88. The van der Waals surface area contributed by atoms with Crippen LogP contribution in [-0.2, 0) is 26.0 Å². The Morgan fingerprint density at radius 1 is 1.34 bits per heavy atom. The molecule has 0 spiro atoms. The number of sulfonamides is 1. The largest absolute Gasteiger partial charge is 0.480 e. The summed E-state index contributed by atoms with van der Waals surface area (Å²) in [5, 5.41) is 10.9.